The van der Waals surface area contributed by atoms with Crippen LogP contribution in [0, 0.1) is 5.82 Å². The number of hydrogen-bond acceptors (Lipinski definition) is 0. The maximum Gasteiger partial charge on any atom is 0.142 e. The zero-order valence-corrected chi connectivity index (χ0v) is 9.26. The van der Waals surface area contributed by atoms with E-state index in [1.165, 1.54) is 6.07 Å². The van der Waals surface area contributed by atoms with E-state index < -0.39 is 5.82 Å². The first-order chi connectivity index (χ1) is 7.19. The van der Waals surface area contributed by atoms with Crippen molar-refractivity contribution in [2.45, 2.75) is 6.92 Å². The minimum Gasteiger partial charge on any atom is -0.205 e. The topological polar surface area (TPSA) is 0 Å². The molecule has 0 atom stereocenters. The van der Waals surface area contributed by atoms with Gasteiger partial charge in [0, 0.05) is 0 Å². The summed E-state index contributed by atoms with van der Waals surface area (Å²) in [7, 11) is 0. The lowest BCUT2D eigenvalue weighted by molar-refractivity contribution is 0.628. The van der Waals surface area contributed by atoms with E-state index in [2.05, 4.69) is 6.58 Å². The van der Waals surface area contributed by atoms with Crippen LogP contribution >= 0.6 is 11.6 Å². The van der Waals surface area contributed by atoms with Crippen LogP contribution in [0.5, 0.6) is 0 Å². The molecule has 0 radical (unpaired) electrons. The molecule has 0 saturated heterocycles. The third-order valence-corrected chi connectivity index (χ3v) is 2.28. The van der Waals surface area contributed by atoms with Crippen molar-refractivity contribution >= 4 is 17.2 Å². The van der Waals surface area contributed by atoms with Crippen LogP contribution in [-0.2, 0) is 0 Å². The second-order valence-corrected chi connectivity index (χ2v) is 3.37. The molecule has 0 aromatic heterocycles. The number of halogens is 2. The molecule has 0 unspecified atom stereocenters. The molecule has 0 bridgehead atoms. The smallest absolute Gasteiger partial charge is 0.142 e. The molecule has 78 valence electrons. The highest BCUT2D eigenvalue weighted by atomic mass is 35.5. The summed E-state index contributed by atoms with van der Waals surface area (Å²) in [6.07, 6.45) is 7.26. The van der Waals surface area contributed by atoms with Gasteiger partial charge in [-0.3, -0.25) is 0 Å². The van der Waals surface area contributed by atoms with E-state index in [1.54, 1.807) is 18.2 Å². The molecule has 0 amide bonds. The fourth-order valence-corrected chi connectivity index (χ4v) is 1.32. The SMILES string of the molecule is C=C/C=C\C(=C/C)c1ccc(Cl)c(F)c1. The zero-order chi connectivity index (χ0) is 11.3. The van der Waals surface area contributed by atoms with Gasteiger partial charge in [-0.05, 0) is 30.2 Å². The molecule has 0 spiro atoms. The molecule has 1 rings (SSSR count). The van der Waals surface area contributed by atoms with Crippen molar-refractivity contribution in [3.8, 4) is 0 Å². The Kier molecular flexibility index (Phi) is 4.32. The first kappa shape index (κ1) is 11.7. The molecule has 0 nitrogen and oxygen atoms in total. The fourth-order valence-electron chi connectivity index (χ4n) is 1.21. The first-order valence-corrected chi connectivity index (χ1v) is 4.97. The number of benzene rings is 1. The standard InChI is InChI=1S/C13H12ClF/c1-3-5-6-10(4-2)11-7-8-12(14)13(15)9-11/h3-9H,1H2,2H3/b6-5-,10-4+. The Balaban J connectivity index is 3.09. The van der Waals surface area contributed by atoms with Crippen molar-refractivity contribution in [1.29, 1.82) is 0 Å². The molecular weight excluding hydrogens is 211 g/mol. The predicted octanol–water partition coefficient (Wildman–Crippen LogP) is 4.62. The van der Waals surface area contributed by atoms with Gasteiger partial charge in [-0.25, -0.2) is 4.39 Å². The lowest BCUT2D eigenvalue weighted by Gasteiger charge is -2.02. The van der Waals surface area contributed by atoms with Crippen molar-refractivity contribution in [2.75, 3.05) is 0 Å². The van der Waals surface area contributed by atoms with Gasteiger partial charge < -0.3 is 0 Å². The summed E-state index contributed by atoms with van der Waals surface area (Å²) in [5, 5.41) is 0.141. The third kappa shape index (κ3) is 3.07. The maximum atomic E-state index is 13.2. The Bertz CT molecular complexity index is 417. The minimum atomic E-state index is -0.402. The van der Waals surface area contributed by atoms with Crippen LogP contribution in [0.1, 0.15) is 12.5 Å². The van der Waals surface area contributed by atoms with Crippen LogP contribution in [0.15, 0.2) is 49.1 Å². The van der Waals surface area contributed by atoms with E-state index >= 15 is 0 Å². The average molecular weight is 223 g/mol. The second-order valence-electron chi connectivity index (χ2n) is 2.97. The van der Waals surface area contributed by atoms with Crippen molar-refractivity contribution in [2.24, 2.45) is 0 Å². The molecule has 0 aliphatic heterocycles. The molecule has 0 N–H and O–H groups in total. The third-order valence-electron chi connectivity index (χ3n) is 1.98. The summed E-state index contributed by atoms with van der Waals surface area (Å²) < 4.78 is 13.2. The van der Waals surface area contributed by atoms with E-state index in [1.807, 2.05) is 25.2 Å². The molecule has 1 aromatic rings. The van der Waals surface area contributed by atoms with E-state index in [0.29, 0.717) is 0 Å². The summed E-state index contributed by atoms with van der Waals surface area (Å²) in [5.41, 5.74) is 1.74. The Labute approximate surface area is 94.4 Å². The quantitative estimate of drug-likeness (QED) is 0.655. The van der Waals surface area contributed by atoms with Gasteiger partial charge in [0.1, 0.15) is 5.82 Å². The first-order valence-electron chi connectivity index (χ1n) is 4.60. The molecule has 15 heavy (non-hydrogen) atoms. The molecule has 2 heteroatoms. The Morgan fingerprint density at radius 1 is 1.47 bits per heavy atom. The Morgan fingerprint density at radius 2 is 2.20 bits per heavy atom. The van der Waals surface area contributed by atoms with E-state index in [4.69, 9.17) is 11.6 Å². The minimum absolute atomic E-state index is 0.141. The van der Waals surface area contributed by atoms with Gasteiger partial charge in [0.2, 0.25) is 0 Å². The van der Waals surface area contributed by atoms with Crippen molar-refractivity contribution in [3.05, 3.63) is 65.5 Å². The average Bonchev–Trinajstić information content (AvgIpc) is 2.24. The normalized spacial score (nSPS) is 12.1. The van der Waals surface area contributed by atoms with Gasteiger partial charge in [-0.1, -0.05) is 48.6 Å². The van der Waals surface area contributed by atoms with Gasteiger partial charge in [-0.15, -0.1) is 0 Å². The van der Waals surface area contributed by atoms with Crippen molar-refractivity contribution in [3.63, 3.8) is 0 Å². The van der Waals surface area contributed by atoms with E-state index in [9.17, 15) is 4.39 Å². The predicted molar refractivity (Wildman–Crippen MR) is 64.4 cm³/mol. The van der Waals surface area contributed by atoms with Gasteiger partial charge >= 0.3 is 0 Å². The number of allylic oxidation sites excluding steroid dienone is 5. The van der Waals surface area contributed by atoms with Crippen LogP contribution in [0.25, 0.3) is 5.57 Å². The molecule has 0 aliphatic rings. The highest BCUT2D eigenvalue weighted by molar-refractivity contribution is 6.30. The number of hydrogen-bond donors (Lipinski definition) is 0. The lowest BCUT2D eigenvalue weighted by atomic mass is 10.1. The summed E-state index contributed by atoms with van der Waals surface area (Å²) in [4.78, 5) is 0. The maximum absolute atomic E-state index is 13.2. The Morgan fingerprint density at radius 3 is 2.73 bits per heavy atom. The molecule has 0 aliphatic carbocycles. The van der Waals surface area contributed by atoms with Gasteiger partial charge in [0.05, 0.1) is 5.02 Å². The van der Waals surface area contributed by atoms with Crippen molar-refractivity contribution in [1.82, 2.24) is 0 Å². The molecular formula is C13H12ClF. The highest BCUT2D eigenvalue weighted by Crippen LogP contribution is 2.21. The summed E-state index contributed by atoms with van der Waals surface area (Å²) in [6, 6.07) is 4.76. The van der Waals surface area contributed by atoms with E-state index in [-0.39, 0.29) is 5.02 Å². The van der Waals surface area contributed by atoms with Crippen LogP contribution in [-0.4, -0.2) is 0 Å². The molecule has 0 saturated carbocycles. The van der Waals surface area contributed by atoms with Gasteiger partial charge in [0.15, 0.2) is 0 Å². The highest BCUT2D eigenvalue weighted by Gasteiger charge is 2.02. The van der Waals surface area contributed by atoms with Crippen LogP contribution in [0.2, 0.25) is 5.02 Å². The van der Waals surface area contributed by atoms with Gasteiger partial charge in [0.25, 0.3) is 0 Å². The van der Waals surface area contributed by atoms with Gasteiger partial charge in [-0.2, -0.15) is 0 Å². The zero-order valence-electron chi connectivity index (χ0n) is 8.50. The van der Waals surface area contributed by atoms with Crippen LogP contribution in [0.4, 0.5) is 4.39 Å². The number of rotatable bonds is 3. The fraction of sp³-hybridized carbons (Fsp3) is 0.0769. The molecule has 0 heterocycles. The van der Waals surface area contributed by atoms with Crippen LogP contribution < -0.4 is 0 Å². The summed E-state index contributed by atoms with van der Waals surface area (Å²) in [6.45, 7) is 5.48. The Hall–Kier alpha value is -1.34. The summed E-state index contributed by atoms with van der Waals surface area (Å²) in [5.74, 6) is -0.402. The van der Waals surface area contributed by atoms with E-state index in [0.717, 1.165) is 11.1 Å². The monoisotopic (exact) mass is 222 g/mol. The van der Waals surface area contributed by atoms with Crippen LogP contribution in [0.3, 0.4) is 0 Å². The van der Waals surface area contributed by atoms with Crippen molar-refractivity contribution < 1.29 is 4.39 Å². The molecule has 0 fully saturated rings. The largest absolute Gasteiger partial charge is 0.205 e. The summed E-state index contributed by atoms with van der Waals surface area (Å²) >= 11 is 5.60. The lowest BCUT2D eigenvalue weighted by Crippen LogP contribution is -1.84. The molecule has 1 aromatic carbocycles. The second kappa shape index (κ2) is 5.52.